The predicted octanol–water partition coefficient (Wildman–Crippen LogP) is 4.97. The predicted molar refractivity (Wildman–Crippen MR) is 86.4 cm³/mol. The highest BCUT2D eigenvalue weighted by Gasteiger charge is 2.12. The van der Waals surface area contributed by atoms with Crippen LogP contribution in [0.4, 0.5) is 5.69 Å². The Kier molecular flexibility index (Phi) is 3.52. The van der Waals surface area contributed by atoms with Crippen LogP contribution in [-0.2, 0) is 12.8 Å². The second kappa shape index (κ2) is 5.32. The number of rotatable bonds is 3. The molecule has 20 heavy (non-hydrogen) atoms. The van der Waals surface area contributed by atoms with E-state index in [2.05, 4.69) is 62.5 Å². The molecule has 3 rings (SSSR count). The summed E-state index contributed by atoms with van der Waals surface area (Å²) < 4.78 is 0. The Bertz CT molecular complexity index is 607. The van der Waals surface area contributed by atoms with Crippen LogP contribution in [0.3, 0.4) is 0 Å². The molecule has 104 valence electrons. The van der Waals surface area contributed by atoms with Crippen LogP contribution in [0.2, 0.25) is 0 Å². The van der Waals surface area contributed by atoms with Crippen LogP contribution in [-0.4, -0.2) is 0 Å². The van der Waals surface area contributed by atoms with Gasteiger partial charge in [-0.15, -0.1) is 0 Å². The molecule has 2 aromatic carbocycles. The molecule has 0 aromatic heterocycles. The first-order valence-corrected chi connectivity index (χ1v) is 7.58. The fraction of sp³-hybridized carbons (Fsp3) is 0.368. The van der Waals surface area contributed by atoms with Crippen molar-refractivity contribution in [3.63, 3.8) is 0 Å². The number of hydrogen-bond donors (Lipinski definition) is 1. The highest BCUT2D eigenvalue weighted by atomic mass is 14.9. The topological polar surface area (TPSA) is 12.0 Å². The molecule has 0 saturated carbocycles. The Labute approximate surface area is 122 Å². The van der Waals surface area contributed by atoms with Gasteiger partial charge in [0, 0.05) is 11.7 Å². The van der Waals surface area contributed by atoms with Crippen LogP contribution >= 0.6 is 0 Å². The first kappa shape index (κ1) is 13.2. The van der Waals surface area contributed by atoms with Gasteiger partial charge >= 0.3 is 0 Å². The second-order valence-corrected chi connectivity index (χ2v) is 6.12. The van der Waals surface area contributed by atoms with Crippen LogP contribution in [0.1, 0.15) is 47.2 Å². The van der Waals surface area contributed by atoms with Crippen molar-refractivity contribution in [1.29, 1.82) is 0 Å². The number of nitrogens with one attached hydrogen (secondary N) is 1. The van der Waals surface area contributed by atoms with Crippen molar-refractivity contribution in [2.24, 2.45) is 0 Å². The lowest BCUT2D eigenvalue weighted by Gasteiger charge is -2.18. The molecule has 0 fully saturated rings. The Hall–Kier alpha value is -1.76. The molecule has 1 N–H and O–H groups in total. The van der Waals surface area contributed by atoms with Crippen molar-refractivity contribution in [1.82, 2.24) is 0 Å². The van der Waals surface area contributed by atoms with Crippen molar-refractivity contribution >= 4 is 5.69 Å². The molecule has 1 nitrogen and oxygen atoms in total. The third-order valence-corrected chi connectivity index (χ3v) is 4.23. The molecule has 2 aromatic rings. The van der Waals surface area contributed by atoms with Crippen molar-refractivity contribution in [2.75, 3.05) is 5.32 Å². The van der Waals surface area contributed by atoms with Gasteiger partial charge in [-0.1, -0.05) is 35.4 Å². The molecule has 1 atom stereocenters. The molecule has 1 aliphatic rings. The maximum Gasteiger partial charge on any atom is 0.0485 e. The van der Waals surface area contributed by atoms with E-state index in [-0.39, 0.29) is 0 Å². The molecule has 0 spiro atoms. The molecule has 1 heteroatoms. The zero-order valence-electron chi connectivity index (χ0n) is 12.7. The van der Waals surface area contributed by atoms with Crippen LogP contribution in [0.5, 0.6) is 0 Å². The maximum atomic E-state index is 3.64. The Morgan fingerprint density at radius 1 is 0.900 bits per heavy atom. The minimum Gasteiger partial charge on any atom is -0.379 e. The van der Waals surface area contributed by atoms with Gasteiger partial charge in [-0.3, -0.25) is 0 Å². The first-order valence-electron chi connectivity index (χ1n) is 7.58. The zero-order valence-corrected chi connectivity index (χ0v) is 12.7. The van der Waals surface area contributed by atoms with E-state index in [1.165, 1.54) is 52.8 Å². The fourth-order valence-electron chi connectivity index (χ4n) is 3.25. The van der Waals surface area contributed by atoms with Gasteiger partial charge in [0.05, 0.1) is 0 Å². The van der Waals surface area contributed by atoms with E-state index in [0.29, 0.717) is 6.04 Å². The average Bonchev–Trinajstić information content (AvgIpc) is 2.85. The van der Waals surface area contributed by atoms with Gasteiger partial charge in [-0.05, 0) is 68.9 Å². The molecule has 0 amide bonds. The zero-order chi connectivity index (χ0) is 14.1. The quantitative estimate of drug-likeness (QED) is 0.826. The van der Waals surface area contributed by atoms with Crippen LogP contribution < -0.4 is 5.32 Å². The normalized spacial score (nSPS) is 14.9. The molecule has 0 radical (unpaired) electrons. The van der Waals surface area contributed by atoms with E-state index < -0.39 is 0 Å². The first-order chi connectivity index (χ1) is 9.61. The molecule has 0 bridgehead atoms. The van der Waals surface area contributed by atoms with Gasteiger partial charge in [0.15, 0.2) is 0 Å². The van der Waals surface area contributed by atoms with Crippen molar-refractivity contribution < 1.29 is 0 Å². The molecular weight excluding hydrogens is 242 g/mol. The van der Waals surface area contributed by atoms with E-state index in [9.17, 15) is 0 Å². The monoisotopic (exact) mass is 265 g/mol. The standard InChI is InChI=1S/C19H23N/c1-13-9-14(2)11-18(10-13)15(3)20-19-8-7-16-5-4-6-17(16)12-19/h7-12,15,20H,4-6H2,1-3H3. The Morgan fingerprint density at radius 2 is 1.60 bits per heavy atom. The average molecular weight is 265 g/mol. The minimum absolute atomic E-state index is 0.341. The summed E-state index contributed by atoms with van der Waals surface area (Å²) in [5, 5.41) is 3.64. The number of fused-ring (bicyclic) bond motifs is 1. The summed E-state index contributed by atoms with van der Waals surface area (Å²) in [4.78, 5) is 0. The summed E-state index contributed by atoms with van der Waals surface area (Å²) >= 11 is 0. The van der Waals surface area contributed by atoms with Gasteiger partial charge in [-0.2, -0.15) is 0 Å². The molecule has 0 heterocycles. The summed E-state index contributed by atoms with van der Waals surface area (Å²) in [6, 6.07) is 14.0. The molecule has 0 aliphatic heterocycles. The van der Waals surface area contributed by atoms with E-state index in [1.54, 1.807) is 0 Å². The Balaban J connectivity index is 1.80. The summed E-state index contributed by atoms with van der Waals surface area (Å²) in [7, 11) is 0. The Morgan fingerprint density at radius 3 is 2.35 bits per heavy atom. The fourth-order valence-corrected chi connectivity index (χ4v) is 3.25. The number of anilines is 1. The van der Waals surface area contributed by atoms with Gasteiger partial charge in [-0.25, -0.2) is 0 Å². The minimum atomic E-state index is 0.341. The highest BCUT2D eigenvalue weighted by molar-refractivity contribution is 5.51. The largest absolute Gasteiger partial charge is 0.379 e. The third-order valence-electron chi connectivity index (χ3n) is 4.23. The molecule has 0 saturated heterocycles. The number of hydrogen-bond acceptors (Lipinski definition) is 1. The van der Waals surface area contributed by atoms with Crippen LogP contribution in [0.15, 0.2) is 36.4 Å². The van der Waals surface area contributed by atoms with Gasteiger partial charge in [0.2, 0.25) is 0 Å². The smallest absolute Gasteiger partial charge is 0.0485 e. The lowest BCUT2D eigenvalue weighted by atomic mass is 10.0. The maximum absolute atomic E-state index is 3.64. The lowest BCUT2D eigenvalue weighted by molar-refractivity contribution is 0.879. The number of aryl methyl sites for hydroxylation is 4. The van der Waals surface area contributed by atoms with Crippen LogP contribution in [0.25, 0.3) is 0 Å². The van der Waals surface area contributed by atoms with E-state index in [0.717, 1.165) is 0 Å². The molecular formula is C19H23N. The summed E-state index contributed by atoms with van der Waals surface area (Å²) in [6.07, 6.45) is 3.80. The number of benzene rings is 2. The van der Waals surface area contributed by atoms with Crippen molar-refractivity contribution in [3.8, 4) is 0 Å². The summed E-state index contributed by atoms with van der Waals surface area (Å²) in [5.41, 5.74) is 8.35. The van der Waals surface area contributed by atoms with Gasteiger partial charge in [0.25, 0.3) is 0 Å². The molecule has 1 unspecified atom stereocenters. The van der Waals surface area contributed by atoms with Crippen LogP contribution in [0, 0.1) is 13.8 Å². The highest BCUT2D eigenvalue weighted by Crippen LogP contribution is 2.27. The second-order valence-electron chi connectivity index (χ2n) is 6.12. The van der Waals surface area contributed by atoms with E-state index in [4.69, 9.17) is 0 Å². The summed E-state index contributed by atoms with van der Waals surface area (Å²) in [5.74, 6) is 0. The summed E-state index contributed by atoms with van der Waals surface area (Å²) in [6.45, 7) is 6.57. The van der Waals surface area contributed by atoms with Gasteiger partial charge in [0.1, 0.15) is 0 Å². The van der Waals surface area contributed by atoms with Gasteiger partial charge < -0.3 is 5.32 Å². The molecule has 1 aliphatic carbocycles. The van der Waals surface area contributed by atoms with E-state index >= 15 is 0 Å². The lowest BCUT2D eigenvalue weighted by Crippen LogP contribution is -2.07. The third kappa shape index (κ3) is 2.72. The SMILES string of the molecule is Cc1cc(C)cc(C(C)Nc2ccc3c(c2)CCC3)c1. The van der Waals surface area contributed by atoms with E-state index in [1.807, 2.05) is 0 Å². The van der Waals surface area contributed by atoms with Crippen molar-refractivity contribution in [2.45, 2.75) is 46.1 Å². The van der Waals surface area contributed by atoms with Crippen molar-refractivity contribution in [3.05, 3.63) is 64.2 Å².